The topological polar surface area (TPSA) is 21.7 Å². The third-order valence-electron chi connectivity index (χ3n) is 5.21. The highest BCUT2D eigenvalue weighted by atomic mass is 16.5. The minimum Gasteiger partial charge on any atom is -0.496 e. The quantitative estimate of drug-likeness (QED) is 0.849. The number of ether oxygens (including phenoxy) is 2. The Labute approximate surface area is 128 Å². The Morgan fingerprint density at radius 1 is 1.10 bits per heavy atom. The molecule has 0 unspecified atom stereocenters. The van der Waals surface area contributed by atoms with Crippen molar-refractivity contribution < 1.29 is 9.47 Å². The average molecular weight is 289 g/mol. The first-order valence-electron chi connectivity index (χ1n) is 8.25. The van der Waals surface area contributed by atoms with Gasteiger partial charge in [-0.05, 0) is 63.2 Å². The first kappa shape index (κ1) is 14.7. The summed E-state index contributed by atoms with van der Waals surface area (Å²) in [6.45, 7) is 4.77. The second kappa shape index (κ2) is 6.27. The Bertz CT molecular complexity index is 498. The second-order valence-corrected chi connectivity index (χ2v) is 6.34. The Hall–Kier alpha value is -1.22. The molecule has 1 heterocycles. The predicted octanol–water partition coefficient (Wildman–Crippen LogP) is 3.29. The van der Waals surface area contributed by atoms with Gasteiger partial charge in [-0.3, -0.25) is 4.90 Å². The second-order valence-electron chi connectivity index (χ2n) is 6.34. The highest BCUT2D eigenvalue weighted by Crippen LogP contribution is 2.42. The van der Waals surface area contributed by atoms with Crippen LogP contribution in [0.4, 0.5) is 0 Å². The van der Waals surface area contributed by atoms with Crippen LogP contribution in [-0.4, -0.2) is 38.3 Å². The number of hydrogen-bond acceptors (Lipinski definition) is 3. The van der Waals surface area contributed by atoms with Gasteiger partial charge >= 0.3 is 0 Å². The van der Waals surface area contributed by atoms with Crippen molar-refractivity contribution in [2.75, 3.05) is 27.3 Å². The molecule has 1 saturated heterocycles. The molecular formula is C18H27NO2. The van der Waals surface area contributed by atoms with Crippen LogP contribution in [0.1, 0.15) is 37.3 Å². The van der Waals surface area contributed by atoms with E-state index in [9.17, 15) is 0 Å². The van der Waals surface area contributed by atoms with Gasteiger partial charge in [0.1, 0.15) is 11.5 Å². The third kappa shape index (κ3) is 2.64. The zero-order valence-corrected chi connectivity index (χ0v) is 13.5. The van der Waals surface area contributed by atoms with Crippen LogP contribution in [0.25, 0.3) is 0 Å². The average Bonchev–Trinajstić information content (AvgIpc) is 2.52. The summed E-state index contributed by atoms with van der Waals surface area (Å²) < 4.78 is 11.2. The summed E-state index contributed by atoms with van der Waals surface area (Å²) in [4.78, 5) is 2.70. The number of likely N-dealkylation sites (tertiary alicyclic amines) is 1. The van der Waals surface area contributed by atoms with E-state index < -0.39 is 0 Å². The van der Waals surface area contributed by atoms with Crippen molar-refractivity contribution in [2.24, 2.45) is 5.92 Å². The maximum Gasteiger partial charge on any atom is 0.122 e. The van der Waals surface area contributed by atoms with Gasteiger partial charge in [0.05, 0.1) is 14.2 Å². The number of fused-ring (bicyclic) bond motifs is 2. The van der Waals surface area contributed by atoms with E-state index in [2.05, 4.69) is 24.0 Å². The largest absolute Gasteiger partial charge is 0.496 e. The molecule has 0 spiro atoms. The van der Waals surface area contributed by atoms with Crippen LogP contribution >= 0.6 is 0 Å². The lowest BCUT2D eigenvalue weighted by Crippen LogP contribution is -2.49. The van der Waals surface area contributed by atoms with Crippen LogP contribution in [0, 0.1) is 5.92 Å². The summed E-state index contributed by atoms with van der Waals surface area (Å²) in [6, 6.07) is 4.81. The monoisotopic (exact) mass is 289 g/mol. The maximum absolute atomic E-state index is 5.61. The van der Waals surface area contributed by atoms with E-state index in [4.69, 9.17) is 9.47 Å². The molecule has 2 atom stereocenters. The van der Waals surface area contributed by atoms with Crippen molar-refractivity contribution in [3.05, 3.63) is 23.3 Å². The maximum atomic E-state index is 5.61. The molecule has 1 aliphatic carbocycles. The van der Waals surface area contributed by atoms with E-state index in [1.165, 1.54) is 43.5 Å². The zero-order valence-electron chi connectivity index (χ0n) is 13.5. The van der Waals surface area contributed by atoms with Crippen molar-refractivity contribution in [1.82, 2.24) is 4.90 Å². The standard InChI is InChI=1S/C18H27NO2/c1-4-9-19-10-5-6-13-11-14-15(12-16(13)19)18(21-3)8-7-17(14)20-2/h7-8,13,16H,4-6,9-12H2,1-3H3/t13-,16-/m0/s1. The molecule has 0 amide bonds. The fourth-order valence-corrected chi connectivity index (χ4v) is 4.26. The van der Waals surface area contributed by atoms with Crippen LogP contribution < -0.4 is 9.47 Å². The number of methoxy groups -OCH3 is 2. The van der Waals surface area contributed by atoms with Crippen molar-refractivity contribution in [1.29, 1.82) is 0 Å². The van der Waals surface area contributed by atoms with Gasteiger partial charge in [-0.15, -0.1) is 0 Å². The number of rotatable bonds is 4. The molecule has 0 saturated carbocycles. The molecule has 0 bridgehead atoms. The van der Waals surface area contributed by atoms with Crippen LogP contribution in [-0.2, 0) is 12.8 Å². The lowest BCUT2D eigenvalue weighted by Gasteiger charge is -2.45. The highest BCUT2D eigenvalue weighted by Gasteiger charge is 2.37. The molecule has 0 N–H and O–H groups in total. The molecule has 116 valence electrons. The van der Waals surface area contributed by atoms with Gasteiger partial charge < -0.3 is 9.47 Å². The SMILES string of the molecule is CCCN1CCC[C@H]2Cc3c(OC)ccc(OC)c3C[C@@H]21. The van der Waals surface area contributed by atoms with Gasteiger partial charge in [-0.1, -0.05) is 6.92 Å². The molecule has 3 rings (SSSR count). The van der Waals surface area contributed by atoms with E-state index in [1.54, 1.807) is 14.2 Å². The Morgan fingerprint density at radius 3 is 2.38 bits per heavy atom. The van der Waals surface area contributed by atoms with Gasteiger partial charge in [0.15, 0.2) is 0 Å². The molecule has 3 heteroatoms. The van der Waals surface area contributed by atoms with E-state index in [-0.39, 0.29) is 0 Å². The predicted molar refractivity (Wildman–Crippen MR) is 85.3 cm³/mol. The van der Waals surface area contributed by atoms with Crippen molar-refractivity contribution in [2.45, 2.75) is 45.1 Å². The molecule has 0 radical (unpaired) electrons. The first-order valence-corrected chi connectivity index (χ1v) is 8.25. The normalized spacial score (nSPS) is 25.1. The lowest BCUT2D eigenvalue weighted by molar-refractivity contribution is 0.0842. The molecule has 0 aromatic heterocycles. The number of hydrogen-bond donors (Lipinski definition) is 0. The molecule has 2 aliphatic rings. The van der Waals surface area contributed by atoms with Crippen molar-refractivity contribution >= 4 is 0 Å². The van der Waals surface area contributed by atoms with Gasteiger partial charge in [-0.2, -0.15) is 0 Å². The summed E-state index contributed by atoms with van der Waals surface area (Å²) in [5, 5.41) is 0. The molecule has 21 heavy (non-hydrogen) atoms. The minimum absolute atomic E-state index is 0.687. The molecule has 1 aromatic carbocycles. The van der Waals surface area contributed by atoms with Gasteiger partial charge in [0.25, 0.3) is 0 Å². The summed E-state index contributed by atoms with van der Waals surface area (Å²) >= 11 is 0. The highest BCUT2D eigenvalue weighted by molar-refractivity contribution is 5.51. The Kier molecular flexibility index (Phi) is 4.39. The minimum atomic E-state index is 0.687. The Morgan fingerprint density at radius 2 is 1.76 bits per heavy atom. The number of piperidine rings is 1. The number of nitrogens with zero attached hydrogens (tertiary/aromatic N) is 1. The van der Waals surface area contributed by atoms with Crippen LogP contribution in [0.15, 0.2) is 12.1 Å². The van der Waals surface area contributed by atoms with Crippen molar-refractivity contribution in [3.63, 3.8) is 0 Å². The molecule has 1 fully saturated rings. The lowest BCUT2D eigenvalue weighted by atomic mass is 9.74. The molecule has 1 aliphatic heterocycles. The van der Waals surface area contributed by atoms with E-state index in [0.717, 1.165) is 30.3 Å². The number of benzene rings is 1. The summed E-state index contributed by atoms with van der Waals surface area (Å²) in [6.07, 6.45) is 6.18. The zero-order chi connectivity index (χ0) is 14.8. The van der Waals surface area contributed by atoms with Crippen LogP contribution in [0.2, 0.25) is 0 Å². The summed E-state index contributed by atoms with van der Waals surface area (Å²) in [5.74, 6) is 2.85. The molecule has 3 nitrogen and oxygen atoms in total. The molecular weight excluding hydrogens is 262 g/mol. The van der Waals surface area contributed by atoms with Crippen LogP contribution in [0.5, 0.6) is 11.5 Å². The van der Waals surface area contributed by atoms with Crippen LogP contribution in [0.3, 0.4) is 0 Å². The van der Waals surface area contributed by atoms with Crippen molar-refractivity contribution in [3.8, 4) is 11.5 Å². The van der Waals surface area contributed by atoms with E-state index >= 15 is 0 Å². The third-order valence-corrected chi connectivity index (χ3v) is 5.21. The van der Waals surface area contributed by atoms with Gasteiger partial charge in [-0.25, -0.2) is 0 Å². The van der Waals surface area contributed by atoms with E-state index in [0.29, 0.717) is 6.04 Å². The fraction of sp³-hybridized carbons (Fsp3) is 0.667. The van der Waals surface area contributed by atoms with E-state index in [1.807, 2.05) is 0 Å². The Balaban J connectivity index is 1.96. The van der Waals surface area contributed by atoms with Gasteiger partial charge in [0, 0.05) is 17.2 Å². The first-order chi connectivity index (χ1) is 10.3. The fourth-order valence-electron chi connectivity index (χ4n) is 4.26. The smallest absolute Gasteiger partial charge is 0.122 e. The van der Waals surface area contributed by atoms with Gasteiger partial charge in [0.2, 0.25) is 0 Å². The molecule has 1 aromatic rings. The summed E-state index contributed by atoms with van der Waals surface area (Å²) in [7, 11) is 3.55. The summed E-state index contributed by atoms with van der Waals surface area (Å²) in [5.41, 5.74) is 2.76.